The Labute approximate surface area is 139 Å². The first-order valence-corrected chi connectivity index (χ1v) is 10.2. The maximum Gasteiger partial charge on any atom is 0.339 e. The second-order valence-corrected chi connectivity index (χ2v) is 9.27. The fourth-order valence-corrected chi connectivity index (χ4v) is 5.91. The van der Waals surface area contributed by atoms with Gasteiger partial charge in [0, 0.05) is 4.88 Å². The Kier molecular flexibility index (Phi) is 5.46. The number of thiophene rings is 1. The number of aromatic carboxylic acids is 1. The predicted molar refractivity (Wildman–Crippen MR) is 90.1 cm³/mol. The smallest absolute Gasteiger partial charge is 0.339 e. The van der Waals surface area contributed by atoms with Gasteiger partial charge in [0.15, 0.2) is 9.84 Å². The summed E-state index contributed by atoms with van der Waals surface area (Å²) < 4.78 is 24.4. The summed E-state index contributed by atoms with van der Waals surface area (Å²) >= 11 is 1.17. The zero-order chi connectivity index (χ0) is 17.2. The third kappa shape index (κ3) is 3.92. The van der Waals surface area contributed by atoms with Crippen LogP contribution in [0, 0.1) is 6.92 Å². The molecule has 0 bridgehead atoms. The van der Waals surface area contributed by atoms with Crippen molar-refractivity contribution in [3.05, 3.63) is 16.0 Å². The van der Waals surface area contributed by atoms with Gasteiger partial charge in [0.25, 0.3) is 0 Å². The minimum Gasteiger partial charge on any atom is -0.478 e. The van der Waals surface area contributed by atoms with Gasteiger partial charge in [-0.15, -0.1) is 11.3 Å². The minimum atomic E-state index is -3.48. The molecule has 0 atom stereocenters. The minimum absolute atomic E-state index is 0.0709. The van der Waals surface area contributed by atoms with Crippen molar-refractivity contribution in [2.45, 2.75) is 51.2 Å². The lowest BCUT2D eigenvalue weighted by atomic mass is 10.1. The van der Waals surface area contributed by atoms with Gasteiger partial charge in [-0.05, 0) is 31.7 Å². The third-order valence-corrected chi connectivity index (χ3v) is 7.39. The molecule has 1 aromatic rings. The molecule has 23 heavy (non-hydrogen) atoms. The lowest BCUT2D eigenvalue weighted by Crippen LogP contribution is -2.29. The van der Waals surface area contributed by atoms with E-state index in [0.29, 0.717) is 24.8 Å². The first kappa shape index (κ1) is 17.9. The van der Waals surface area contributed by atoms with Gasteiger partial charge in [0.05, 0.1) is 10.8 Å². The van der Waals surface area contributed by atoms with Gasteiger partial charge in [-0.3, -0.25) is 4.79 Å². The lowest BCUT2D eigenvalue weighted by molar-refractivity contribution is -0.113. The SMILES string of the molecule is CCc1c(C)sc(NC(=O)CS(=O)(=O)C2CCCC2)c1C(=O)O. The molecule has 0 spiro atoms. The van der Waals surface area contributed by atoms with Crippen molar-refractivity contribution >= 4 is 38.1 Å². The van der Waals surface area contributed by atoms with Crippen molar-refractivity contribution in [3.8, 4) is 0 Å². The Balaban J connectivity index is 2.16. The van der Waals surface area contributed by atoms with Gasteiger partial charge in [0.2, 0.25) is 5.91 Å². The molecular weight excluding hydrogens is 338 g/mol. The van der Waals surface area contributed by atoms with E-state index >= 15 is 0 Å². The number of amides is 1. The number of carboxylic acids is 1. The highest BCUT2D eigenvalue weighted by molar-refractivity contribution is 7.92. The van der Waals surface area contributed by atoms with E-state index in [2.05, 4.69) is 5.32 Å². The molecule has 1 aliphatic rings. The summed E-state index contributed by atoms with van der Waals surface area (Å²) in [7, 11) is -3.48. The Morgan fingerprint density at radius 1 is 1.30 bits per heavy atom. The molecule has 8 heteroatoms. The molecule has 2 N–H and O–H groups in total. The van der Waals surface area contributed by atoms with E-state index in [1.165, 1.54) is 11.3 Å². The summed E-state index contributed by atoms with van der Waals surface area (Å²) in [4.78, 5) is 24.3. The van der Waals surface area contributed by atoms with Crippen LogP contribution in [-0.2, 0) is 21.1 Å². The molecule has 1 heterocycles. The number of carbonyl (C=O) groups is 2. The van der Waals surface area contributed by atoms with Crippen molar-refractivity contribution in [3.63, 3.8) is 0 Å². The predicted octanol–water partition coefficient (Wildman–Crippen LogP) is 2.61. The summed E-state index contributed by atoms with van der Waals surface area (Å²) in [5.41, 5.74) is 0.748. The summed E-state index contributed by atoms with van der Waals surface area (Å²) in [6.07, 6.45) is 3.50. The summed E-state index contributed by atoms with van der Waals surface area (Å²) in [5, 5.41) is 11.6. The van der Waals surface area contributed by atoms with Crippen LogP contribution in [-0.4, -0.2) is 36.4 Å². The van der Waals surface area contributed by atoms with Gasteiger partial charge in [-0.25, -0.2) is 13.2 Å². The second kappa shape index (κ2) is 7.00. The average Bonchev–Trinajstić information content (AvgIpc) is 3.05. The monoisotopic (exact) mass is 359 g/mol. The van der Waals surface area contributed by atoms with E-state index in [1.807, 2.05) is 6.92 Å². The molecule has 6 nitrogen and oxygen atoms in total. The number of rotatable bonds is 6. The van der Waals surface area contributed by atoms with Gasteiger partial charge in [-0.2, -0.15) is 0 Å². The van der Waals surface area contributed by atoms with Gasteiger partial charge in [-0.1, -0.05) is 19.8 Å². The number of carboxylic acid groups (broad SMARTS) is 1. The number of hydrogen-bond donors (Lipinski definition) is 2. The van der Waals surface area contributed by atoms with Crippen LogP contribution in [0.5, 0.6) is 0 Å². The van der Waals surface area contributed by atoms with Crippen molar-refractivity contribution < 1.29 is 23.1 Å². The Morgan fingerprint density at radius 2 is 1.91 bits per heavy atom. The number of nitrogens with one attached hydrogen (secondary N) is 1. The number of anilines is 1. The normalized spacial score (nSPS) is 15.7. The Morgan fingerprint density at radius 3 is 2.43 bits per heavy atom. The highest BCUT2D eigenvalue weighted by Crippen LogP contribution is 2.33. The zero-order valence-corrected chi connectivity index (χ0v) is 14.8. The van der Waals surface area contributed by atoms with Gasteiger partial charge >= 0.3 is 5.97 Å². The molecule has 128 valence electrons. The van der Waals surface area contributed by atoms with Crippen molar-refractivity contribution in [1.82, 2.24) is 0 Å². The van der Waals surface area contributed by atoms with Crippen LogP contribution >= 0.6 is 11.3 Å². The van der Waals surface area contributed by atoms with Crippen LogP contribution < -0.4 is 5.32 Å². The Hall–Kier alpha value is -1.41. The molecule has 0 unspecified atom stereocenters. The molecule has 0 saturated heterocycles. The number of carbonyl (C=O) groups excluding carboxylic acids is 1. The number of sulfone groups is 1. The molecule has 0 aromatic carbocycles. The first-order valence-electron chi connectivity index (χ1n) is 7.63. The summed E-state index contributed by atoms with van der Waals surface area (Å²) in [5.74, 6) is -2.36. The van der Waals surface area contributed by atoms with E-state index < -0.39 is 32.7 Å². The molecule has 1 amide bonds. The van der Waals surface area contributed by atoms with Crippen molar-refractivity contribution in [1.29, 1.82) is 0 Å². The van der Waals surface area contributed by atoms with E-state index in [4.69, 9.17) is 0 Å². The molecule has 0 radical (unpaired) electrons. The number of aryl methyl sites for hydroxylation is 1. The first-order chi connectivity index (χ1) is 10.8. The molecule has 1 aliphatic carbocycles. The number of hydrogen-bond acceptors (Lipinski definition) is 5. The standard InChI is InChI=1S/C15H21NO5S2/c1-3-11-9(2)22-14(13(11)15(18)19)16-12(17)8-23(20,21)10-6-4-5-7-10/h10H,3-8H2,1-2H3,(H,16,17)(H,18,19). The highest BCUT2D eigenvalue weighted by atomic mass is 32.2. The molecular formula is C15H21NO5S2. The lowest BCUT2D eigenvalue weighted by Gasteiger charge is -2.11. The van der Waals surface area contributed by atoms with Crippen LogP contribution in [0.1, 0.15) is 53.4 Å². The van der Waals surface area contributed by atoms with Crippen LogP contribution in [0.2, 0.25) is 0 Å². The Bertz CT molecular complexity index is 714. The quantitative estimate of drug-likeness (QED) is 0.813. The fourth-order valence-electron chi connectivity index (χ4n) is 3.03. The average molecular weight is 359 g/mol. The van der Waals surface area contributed by atoms with Crippen molar-refractivity contribution in [2.75, 3.05) is 11.1 Å². The molecule has 2 rings (SSSR count). The largest absolute Gasteiger partial charge is 0.478 e. The van der Waals surface area contributed by atoms with Crippen molar-refractivity contribution in [2.24, 2.45) is 0 Å². The van der Waals surface area contributed by atoms with Crippen LogP contribution in [0.25, 0.3) is 0 Å². The van der Waals surface area contributed by atoms with E-state index in [9.17, 15) is 23.1 Å². The topological polar surface area (TPSA) is 101 Å². The highest BCUT2D eigenvalue weighted by Gasteiger charge is 2.31. The third-order valence-electron chi connectivity index (χ3n) is 4.17. The van der Waals surface area contributed by atoms with E-state index in [1.54, 1.807) is 6.92 Å². The maximum atomic E-state index is 12.2. The summed E-state index contributed by atoms with van der Waals surface area (Å²) in [6.45, 7) is 3.64. The molecule has 0 aliphatic heterocycles. The zero-order valence-electron chi connectivity index (χ0n) is 13.2. The molecule has 1 fully saturated rings. The molecule has 1 aromatic heterocycles. The maximum absolute atomic E-state index is 12.2. The van der Waals surface area contributed by atoms with E-state index in [-0.39, 0.29) is 10.6 Å². The van der Waals surface area contributed by atoms with Crippen LogP contribution in [0.3, 0.4) is 0 Å². The summed E-state index contributed by atoms with van der Waals surface area (Å²) in [6, 6.07) is 0. The molecule has 1 saturated carbocycles. The fraction of sp³-hybridized carbons (Fsp3) is 0.600. The van der Waals surface area contributed by atoms with Crippen LogP contribution in [0.4, 0.5) is 5.00 Å². The van der Waals surface area contributed by atoms with E-state index in [0.717, 1.165) is 17.7 Å². The van der Waals surface area contributed by atoms with Gasteiger partial charge in [0.1, 0.15) is 10.8 Å². The van der Waals surface area contributed by atoms with Gasteiger partial charge < -0.3 is 10.4 Å². The second-order valence-electron chi connectivity index (χ2n) is 5.76. The van der Waals surface area contributed by atoms with Crippen LogP contribution in [0.15, 0.2) is 0 Å².